The van der Waals surface area contributed by atoms with E-state index in [2.05, 4.69) is 11.0 Å². The molecule has 2 aliphatic heterocycles. The van der Waals surface area contributed by atoms with Crippen molar-refractivity contribution in [3.63, 3.8) is 0 Å². The van der Waals surface area contributed by atoms with Crippen molar-refractivity contribution < 1.29 is 14.5 Å². The van der Waals surface area contributed by atoms with E-state index in [1.165, 1.54) is 25.8 Å². The molecule has 180 valence electrons. The highest BCUT2D eigenvalue weighted by Gasteiger charge is 2.27. The molecule has 0 N–H and O–H groups in total. The van der Waals surface area contributed by atoms with Gasteiger partial charge in [0, 0.05) is 77.1 Å². The van der Waals surface area contributed by atoms with Crippen molar-refractivity contribution in [2.75, 3.05) is 56.1 Å². The van der Waals surface area contributed by atoms with Crippen LogP contribution in [0, 0.1) is 10.1 Å². The lowest BCUT2D eigenvalue weighted by atomic mass is 10.1. The van der Waals surface area contributed by atoms with Gasteiger partial charge in [0.2, 0.25) is 5.91 Å². The van der Waals surface area contributed by atoms with Gasteiger partial charge in [-0.3, -0.25) is 19.7 Å². The second kappa shape index (κ2) is 10.1. The number of nitrogens with zero attached hydrogens (tertiary/aromatic N) is 5. The lowest BCUT2D eigenvalue weighted by Crippen LogP contribution is -2.48. The summed E-state index contributed by atoms with van der Waals surface area (Å²) >= 11 is 0. The molecule has 0 saturated carbocycles. The summed E-state index contributed by atoms with van der Waals surface area (Å²) in [7, 11) is 1.73. The molecule has 9 nitrogen and oxygen atoms in total. The highest BCUT2D eigenvalue weighted by atomic mass is 16.6. The predicted molar refractivity (Wildman–Crippen MR) is 131 cm³/mol. The molecular formula is C25H31N5O4. The molecule has 2 amide bonds. The Balaban J connectivity index is 1.51. The fourth-order valence-electron chi connectivity index (χ4n) is 4.79. The van der Waals surface area contributed by atoms with E-state index < -0.39 is 4.92 Å². The van der Waals surface area contributed by atoms with Crippen LogP contribution >= 0.6 is 0 Å². The molecule has 0 atom stereocenters. The van der Waals surface area contributed by atoms with Gasteiger partial charge in [-0.05, 0) is 36.6 Å². The van der Waals surface area contributed by atoms with E-state index in [1.807, 2.05) is 23.1 Å². The Hall–Kier alpha value is -3.62. The van der Waals surface area contributed by atoms with E-state index in [0.29, 0.717) is 44.0 Å². The van der Waals surface area contributed by atoms with E-state index in [4.69, 9.17) is 0 Å². The van der Waals surface area contributed by atoms with Crippen LogP contribution in [0.2, 0.25) is 0 Å². The number of amides is 2. The van der Waals surface area contributed by atoms with Crippen LogP contribution in [0.4, 0.5) is 17.1 Å². The smallest absolute Gasteiger partial charge is 0.293 e. The van der Waals surface area contributed by atoms with Crippen molar-refractivity contribution in [3.05, 3.63) is 63.7 Å². The zero-order valence-electron chi connectivity index (χ0n) is 19.8. The van der Waals surface area contributed by atoms with E-state index in [9.17, 15) is 19.7 Å². The van der Waals surface area contributed by atoms with E-state index in [0.717, 1.165) is 24.3 Å². The van der Waals surface area contributed by atoms with Gasteiger partial charge in [0.05, 0.1) is 4.92 Å². The first kappa shape index (κ1) is 23.5. The largest absolute Gasteiger partial charge is 0.371 e. The van der Waals surface area contributed by atoms with Gasteiger partial charge in [0.25, 0.3) is 11.6 Å². The van der Waals surface area contributed by atoms with Crippen LogP contribution in [0.25, 0.3) is 0 Å². The molecule has 0 aromatic heterocycles. The van der Waals surface area contributed by atoms with Gasteiger partial charge in [-0.1, -0.05) is 18.2 Å². The molecule has 2 heterocycles. The number of carbonyl (C=O) groups is 2. The molecule has 2 aliphatic rings. The minimum atomic E-state index is -0.438. The number of carbonyl (C=O) groups excluding carboxylic acids is 2. The summed E-state index contributed by atoms with van der Waals surface area (Å²) in [5.74, 6) is -0.253. The number of nitro groups is 1. The Bertz CT molecular complexity index is 1070. The number of nitro benzene ring substituents is 1. The molecule has 2 aromatic carbocycles. The number of anilines is 2. The molecule has 0 aliphatic carbocycles. The van der Waals surface area contributed by atoms with Crippen molar-refractivity contribution in [3.8, 4) is 0 Å². The van der Waals surface area contributed by atoms with Crippen LogP contribution in [-0.2, 0) is 11.3 Å². The molecule has 4 rings (SSSR count). The Morgan fingerprint density at radius 3 is 2.24 bits per heavy atom. The monoisotopic (exact) mass is 465 g/mol. The number of rotatable bonds is 6. The second-order valence-corrected chi connectivity index (χ2v) is 8.94. The van der Waals surface area contributed by atoms with Crippen molar-refractivity contribution >= 4 is 28.9 Å². The molecule has 34 heavy (non-hydrogen) atoms. The third-order valence-electron chi connectivity index (χ3n) is 6.68. The van der Waals surface area contributed by atoms with E-state index in [1.54, 1.807) is 29.0 Å². The van der Waals surface area contributed by atoms with Gasteiger partial charge in [0.15, 0.2) is 0 Å². The van der Waals surface area contributed by atoms with Crippen LogP contribution in [0.15, 0.2) is 42.5 Å². The molecule has 9 heteroatoms. The van der Waals surface area contributed by atoms with Gasteiger partial charge in [-0.25, -0.2) is 0 Å². The maximum atomic E-state index is 13.2. The first-order valence-electron chi connectivity index (χ1n) is 11.7. The summed E-state index contributed by atoms with van der Waals surface area (Å²) in [6.07, 6.45) is 2.34. The van der Waals surface area contributed by atoms with Crippen molar-refractivity contribution in [1.82, 2.24) is 9.80 Å². The first-order chi connectivity index (χ1) is 16.3. The highest BCUT2D eigenvalue weighted by Crippen LogP contribution is 2.31. The fourth-order valence-corrected chi connectivity index (χ4v) is 4.79. The number of hydrogen-bond acceptors (Lipinski definition) is 6. The van der Waals surface area contributed by atoms with Crippen LogP contribution in [-0.4, -0.2) is 72.9 Å². The summed E-state index contributed by atoms with van der Waals surface area (Å²) < 4.78 is 0. The Morgan fingerprint density at radius 2 is 1.59 bits per heavy atom. The molecule has 2 aromatic rings. The quantitative estimate of drug-likeness (QED) is 0.481. The summed E-state index contributed by atoms with van der Waals surface area (Å²) in [6, 6.07) is 12.8. The minimum absolute atomic E-state index is 0.00411. The van der Waals surface area contributed by atoms with Gasteiger partial charge >= 0.3 is 0 Å². The molecule has 2 fully saturated rings. The van der Waals surface area contributed by atoms with Crippen LogP contribution in [0.1, 0.15) is 35.7 Å². The van der Waals surface area contributed by atoms with Crippen molar-refractivity contribution in [2.24, 2.45) is 0 Å². The summed E-state index contributed by atoms with van der Waals surface area (Å²) in [5, 5.41) is 11.8. The predicted octanol–water partition coefficient (Wildman–Crippen LogP) is 3.14. The van der Waals surface area contributed by atoms with Gasteiger partial charge in [-0.15, -0.1) is 0 Å². The summed E-state index contributed by atoms with van der Waals surface area (Å²) in [4.78, 5) is 43.8. The number of hydrogen-bond donors (Lipinski definition) is 0. The minimum Gasteiger partial charge on any atom is -0.371 e. The number of para-hydroxylation sites is 1. The van der Waals surface area contributed by atoms with Crippen LogP contribution < -0.4 is 9.80 Å². The van der Waals surface area contributed by atoms with Crippen LogP contribution in [0.5, 0.6) is 0 Å². The zero-order chi connectivity index (χ0) is 24.2. The third-order valence-corrected chi connectivity index (χ3v) is 6.68. The molecule has 0 spiro atoms. The zero-order valence-corrected chi connectivity index (χ0v) is 19.8. The maximum absolute atomic E-state index is 13.2. The average Bonchev–Trinajstić information content (AvgIpc) is 3.38. The second-order valence-electron chi connectivity index (χ2n) is 8.94. The molecule has 2 saturated heterocycles. The molecule has 0 unspecified atom stereocenters. The van der Waals surface area contributed by atoms with Gasteiger partial charge in [-0.2, -0.15) is 0 Å². The van der Waals surface area contributed by atoms with Gasteiger partial charge in [0.1, 0.15) is 5.69 Å². The Kier molecular flexibility index (Phi) is 7.00. The average molecular weight is 466 g/mol. The van der Waals surface area contributed by atoms with Crippen molar-refractivity contribution in [1.29, 1.82) is 0 Å². The summed E-state index contributed by atoms with van der Waals surface area (Å²) in [6.45, 7) is 6.05. The maximum Gasteiger partial charge on any atom is 0.293 e. The number of benzene rings is 2. The standard InChI is InChI=1S/C25H31N5O4/c1-19(31)27-13-15-29(16-14-27)23-10-9-20(17-24(23)30(33)34)25(32)26(2)18-21-7-3-4-8-22(21)28-11-5-6-12-28/h3-4,7-10,17H,5-6,11-16,18H2,1-2H3. The highest BCUT2D eigenvalue weighted by molar-refractivity contribution is 5.95. The first-order valence-corrected chi connectivity index (χ1v) is 11.7. The lowest BCUT2D eigenvalue weighted by molar-refractivity contribution is -0.384. The third kappa shape index (κ3) is 4.98. The lowest BCUT2D eigenvalue weighted by Gasteiger charge is -2.35. The summed E-state index contributed by atoms with van der Waals surface area (Å²) in [5.41, 5.74) is 2.89. The molecule has 0 radical (unpaired) electrons. The van der Waals surface area contributed by atoms with E-state index in [-0.39, 0.29) is 17.5 Å². The Labute approximate surface area is 199 Å². The Morgan fingerprint density at radius 1 is 0.941 bits per heavy atom. The van der Waals surface area contributed by atoms with Crippen molar-refractivity contribution in [2.45, 2.75) is 26.3 Å². The normalized spacial score (nSPS) is 16.0. The van der Waals surface area contributed by atoms with Crippen LogP contribution in [0.3, 0.4) is 0 Å². The van der Waals surface area contributed by atoms with E-state index >= 15 is 0 Å². The topological polar surface area (TPSA) is 90.2 Å². The molecular weight excluding hydrogens is 434 g/mol. The number of piperazine rings is 1. The SMILES string of the molecule is CC(=O)N1CCN(c2ccc(C(=O)N(C)Cc3ccccc3N3CCCC3)cc2[N+](=O)[O-])CC1. The molecule has 0 bridgehead atoms. The fraction of sp³-hybridized carbons (Fsp3) is 0.440. The van der Waals surface area contributed by atoms with Gasteiger partial charge < -0.3 is 19.6 Å².